The number of fused-ring (bicyclic) bond motifs is 1. The van der Waals surface area contributed by atoms with Gasteiger partial charge in [0.15, 0.2) is 5.13 Å². The van der Waals surface area contributed by atoms with Crippen LogP contribution in [0, 0.1) is 0 Å². The third-order valence-electron chi connectivity index (χ3n) is 4.57. The summed E-state index contributed by atoms with van der Waals surface area (Å²) in [5, 5.41) is 0.420. The molecule has 0 spiro atoms. The molecule has 2 aliphatic rings. The Morgan fingerprint density at radius 3 is 2.54 bits per heavy atom. The lowest BCUT2D eigenvalue weighted by Gasteiger charge is -2.38. The van der Waals surface area contributed by atoms with E-state index in [1.807, 2.05) is 0 Å². The number of ether oxygens (including phenoxy) is 1. The van der Waals surface area contributed by atoms with Gasteiger partial charge in [0.25, 0.3) is 0 Å². The number of halogens is 3. The Balaban J connectivity index is 1.37. The van der Waals surface area contributed by atoms with Gasteiger partial charge >= 0.3 is 12.1 Å². The largest absolute Gasteiger partial charge is 0.457 e. The highest BCUT2D eigenvalue weighted by molar-refractivity contribution is 7.22. The molecule has 7 nitrogen and oxygen atoms in total. The van der Waals surface area contributed by atoms with Gasteiger partial charge in [-0.05, 0) is 12.1 Å². The molecule has 0 N–H and O–H groups in total. The molecule has 1 aromatic carbocycles. The van der Waals surface area contributed by atoms with Gasteiger partial charge in [0.05, 0.1) is 28.9 Å². The van der Waals surface area contributed by atoms with Crippen LogP contribution in [0.5, 0.6) is 0 Å². The average Bonchev–Trinajstić information content (AvgIpc) is 3.14. The SMILES string of the molecule is O=C(CN1C(=O)CCC1=O)OC1CN(c2nc3c(C(F)(F)F)cccc3s2)C1. The molecule has 2 amide bonds. The van der Waals surface area contributed by atoms with E-state index in [2.05, 4.69) is 4.98 Å². The maximum Gasteiger partial charge on any atom is 0.418 e. The van der Waals surface area contributed by atoms with Crippen molar-refractivity contribution in [2.75, 3.05) is 24.5 Å². The van der Waals surface area contributed by atoms with E-state index in [4.69, 9.17) is 4.74 Å². The van der Waals surface area contributed by atoms with Crippen molar-refractivity contribution in [3.05, 3.63) is 23.8 Å². The van der Waals surface area contributed by atoms with E-state index in [-0.39, 0.29) is 31.4 Å². The van der Waals surface area contributed by atoms with Crippen molar-refractivity contribution in [1.82, 2.24) is 9.88 Å². The van der Waals surface area contributed by atoms with E-state index in [0.717, 1.165) is 22.3 Å². The zero-order chi connectivity index (χ0) is 20.1. The van der Waals surface area contributed by atoms with Crippen LogP contribution in [0.3, 0.4) is 0 Å². The summed E-state index contributed by atoms with van der Waals surface area (Å²) in [6.07, 6.45) is -4.75. The molecule has 0 saturated carbocycles. The first-order chi connectivity index (χ1) is 13.2. The lowest BCUT2D eigenvalue weighted by atomic mass is 10.2. The van der Waals surface area contributed by atoms with Gasteiger partial charge in [-0.2, -0.15) is 13.2 Å². The van der Waals surface area contributed by atoms with Crippen LogP contribution in [0.1, 0.15) is 18.4 Å². The van der Waals surface area contributed by atoms with Gasteiger partial charge in [-0.15, -0.1) is 0 Å². The Morgan fingerprint density at radius 1 is 1.21 bits per heavy atom. The summed E-state index contributed by atoms with van der Waals surface area (Å²) in [6, 6.07) is 3.91. The van der Waals surface area contributed by atoms with Crippen molar-refractivity contribution >= 4 is 44.5 Å². The summed E-state index contributed by atoms with van der Waals surface area (Å²) < 4.78 is 44.9. The summed E-state index contributed by atoms with van der Waals surface area (Å²) in [5.41, 5.74) is -0.877. The molecule has 4 rings (SSSR count). The third-order valence-corrected chi connectivity index (χ3v) is 5.65. The number of hydrogen-bond acceptors (Lipinski definition) is 7. The van der Waals surface area contributed by atoms with Gasteiger partial charge in [0.1, 0.15) is 12.6 Å². The van der Waals surface area contributed by atoms with Gasteiger partial charge in [-0.1, -0.05) is 17.4 Å². The number of nitrogens with zero attached hydrogens (tertiary/aromatic N) is 3. The van der Waals surface area contributed by atoms with E-state index in [1.165, 1.54) is 6.07 Å². The predicted molar refractivity (Wildman–Crippen MR) is 92.7 cm³/mol. The number of thiazole rings is 1. The number of alkyl halides is 3. The molecular formula is C17H14F3N3O4S. The number of hydrogen-bond donors (Lipinski definition) is 0. The highest BCUT2D eigenvalue weighted by atomic mass is 32.1. The molecule has 28 heavy (non-hydrogen) atoms. The summed E-state index contributed by atoms with van der Waals surface area (Å²) >= 11 is 1.14. The molecule has 1 aromatic heterocycles. The van der Waals surface area contributed by atoms with Crippen LogP contribution in [0.4, 0.5) is 18.3 Å². The number of imide groups is 1. The summed E-state index contributed by atoms with van der Waals surface area (Å²) in [7, 11) is 0. The number of carbonyl (C=O) groups excluding carboxylic acids is 3. The first-order valence-corrected chi connectivity index (χ1v) is 9.28. The quantitative estimate of drug-likeness (QED) is 0.565. The number of amides is 2. The molecule has 0 atom stereocenters. The molecule has 3 heterocycles. The number of likely N-dealkylation sites (tertiary alicyclic amines) is 1. The van der Waals surface area contributed by atoms with Crippen LogP contribution in [-0.2, 0) is 25.3 Å². The highest BCUT2D eigenvalue weighted by Crippen LogP contribution is 2.39. The molecule has 0 unspecified atom stereocenters. The number of esters is 1. The van der Waals surface area contributed by atoms with Crippen molar-refractivity contribution in [3.63, 3.8) is 0 Å². The van der Waals surface area contributed by atoms with Crippen LogP contribution < -0.4 is 4.90 Å². The number of anilines is 1. The summed E-state index contributed by atoms with van der Waals surface area (Å²) in [4.78, 5) is 41.6. The number of benzene rings is 1. The lowest BCUT2D eigenvalue weighted by Crippen LogP contribution is -2.53. The predicted octanol–water partition coefficient (Wildman–Crippen LogP) is 2.20. The molecule has 2 aliphatic heterocycles. The monoisotopic (exact) mass is 413 g/mol. The van der Waals surface area contributed by atoms with Crippen molar-refractivity contribution in [2.24, 2.45) is 0 Å². The average molecular weight is 413 g/mol. The summed E-state index contributed by atoms with van der Waals surface area (Å²) in [6.45, 7) is 0.161. The van der Waals surface area contributed by atoms with Crippen LogP contribution >= 0.6 is 11.3 Å². The van der Waals surface area contributed by atoms with E-state index in [0.29, 0.717) is 9.83 Å². The summed E-state index contributed by atoms with van der Waals surface area (Å²) in [5.74, 6) is -1.48. The first-order valence-electron chi connectivity index (χ1n) is 8.47. The standard InChI is InChI=1S/C17H14F3N3O4S/c18-17(19,20)10-2-1-3-11-15(10)21-16(28-11)22-6-9(7-22)27-14(26)8-23-12(24)4-5-13(23)25/h1-3,9H,4-8H2. The molecule has 2 aromatic rings. The molecule has 2 fully saturated rings. The smallest absolute Gasteiger partial charge is 0.418 e. The Labute approximate surface area is 160 Å². The maximum atomic E-state index is 13.1. The van der Waals surface area contributed by atoms with Crippen molar-refractivity contribution in [1.29, 1.82) is 0 Å². The van der Waals surface area contributed by atoms with Crippen LogP contribution in [0.25, 0.3) is 10.2 Å². The minimum absolute atomic E-state index is 0.0958. The molecule has 0 radical (unpaired) electrons. The topological polar surface area (TPSA) is 79.8 Å². The minimum atomic E-state index is -4.48. The second kappa shape index (κ2) is 6.73. The number of para-hydroxylation sites is 1. The zero-order valence-electron chi connectivity index (χ0n) is 14.4. The molecule has 2 saturated heterocycles. The zero-order valence-corrected chi connectivity index (χ0v) is 15.2. The Bertz CT molecular complexity index is 952. The van der Waals surface area contributed by atoms with Gasteiger partial charge < -0.3 is 9.64 Å². The number of aromatic nitrogens is 1. The van der Waals surface area contributed by atoms with Gasteiger partial charge in [0, 0.05) is 12.8 Å². The highest BCUT2D eigenvalue weighted by Gasteiger charge is 2.37. The van der Waals surface area contributed by atoms with E-state index >= 15 is 0 Å². The Hall–Kier alpha value is -2.69. The third kappa shape index (κ3) is 3.41. The number of carbonyl (C=O) groups is 3. The minimum Gasteiger partial charge on any atom is -0.457 e. The molecule has 0 bridgehead atoms. The fourth-order valence-electron chi connectivity index (χ4n) is 3.12. The molecule has 148 valence electrons. The van der Waals surface area contributed by atoms with Gasteiger partial charge in [0.2, 0.25) is 11.8 Å². The van der Waals surface area contributed by atoms with Gasteiger partial charge in [-0.3, -0.25) is 19.3 Å². The van der Waals surface area contributed by atoms with Crippen LogP contribution in [0.2, 0.25) is 0 Å². The Morgan fingerprint density at radius 2 is 1.89 bits per heavy atom. The van der Waals surface area contributed by atoms with E-state index in [9.17, 15) is 27.6 Å². The normalized spacial score (nSPS) is 18.1. The maximum absolute atomic E-state index is 13.1. The van der Waals surface area contributed by atoms with Crippen molar-refractivity contribution in [3.8, 4) is 0 Å². The van der Waals surface area contributed by atoms with Crippen LogP contribution in [0.15, 0.2) is 18.2 Å². The van der Waals surface area contributed by atoms with E-state index in [1.54, 1.807) is 11.0 Å². The fourth-order valence-corrected chi connectivity index (χ4v) is 4.13. The number of rotatable bonds is 4. The van der Waals surface area contributed by atoms with Gasteiger partial charge in [-0.25, -0.2) is 4.98 Å². The van der Waals surface area contributed by atoms with E-state index < -0.39 is 42.2 Å². The second-order valence-electron chi connectivity index (χ2n) is 6.54. The molecule has 0 aliphatic carbocycles. The first kappa shape index (κ1) is 18.7. The Kier molecular flexibility index (Phi) is 4.48. The second-order valence-corrected chi connectivity index (χ2v) is 7.55. The molecular weight excluding hydrogens is 399 g/mol. The molecule has 11 heteroatoms. The van der Waals surface area contributed by atoms with Crippen molar-refractivity contribution in [2.45, 2.75) is 25.1 Å². The fraction of sp³-hybridized carbons (Fsp3) is 0.412. The van der Waals surface area contributed by atoms with Crippen molar-refractivity contribution < 1.29 is 32.3 Å². The van der Waals surface area contributed by atoms with Crippen LogP contribution in [-0.4, -0.2) is 53.4 Å². The lowest BCUT2D eigenvalue weighted by molar-refractivity contribution is -0.156.